The minimum atomic E-state index is -3.85. The van der Waals surface area contributed by atoms with Crippen LogP contribution in [-0.4, -0.2) is 20.9 Å². The van der Waals surface area contributed by atoms with Gasteiger partial charge in [-0.3, -0.25) is 4.68 Å². The number of hydrogen-bond donors (Lipinski definition) is 1. The van der Waals surface area contributed by atoms with Gasteiger partial charge in [0.2, 0.25) is 0 Å². The van der Waals surface area contributed by atoms with Crippen LogP contribution < -0.4 is 0 Å². The lowest BCUT2D eigenvalue weighted by Gasteiger charge is -2.13. The van der Waals surface area contributed by atoms with E-state index in [9.17, 15) is 13.6 Å². The van der Waals surface area contributed by atoms with Gasteiger partial charge in [-0.15, -0.1) is 0 Å². The topological polar surface area (TPSA) is 55.1 Å². The summed E-state index contributed by atoms with van der Waals surface area (Å²) in [5, 5.41) is 12.4. The molecule has 6 heteroatoms. The molecule has 0 spiro atoms. The van der Waals surface area contributed by atoms with E-state index in [4.69, 9.17) is 5.11 Å². The zero-order valence-electron chi connectivity index (χ0n) is 8.13. The van der Waals surface area contributed by atoms with Crippen LogP contribution in [0.3, 0.4) is 0 Å². The van der Waals surface area contributed by atoms with Crippen LogP contribution in [0.15, 0.2) is 0 Å². The van der Waals surface area contributed by atoms with E-state index in [-0.39, 0.29) is 0 Å². The molecule has 0 bridgehead atoms. The molecule has 0 fully saturated rings. The van der Waals surface area contributed by atoms with E-state index < -0.39 is 17.6 Å². The molecule has 0 radical (unpaired) electrons. The third-order valence-electron chi connectivity index (χ3n) is 2.63. The highest BCUT2D eigenvalue weighted by Crippen LogP contribution is 2.35. The lowest BCUT2D eigenvalue weighted by Crippen LogP contribution is -2.29. The standard InChI is InChI=1S/C9H10F2N2O2/c1-13-7(9(10,11)8(14)15)5-3-2-4-6(5)12-13/h2-4H2,1H3,(H,14,15). The Bertz CT molecular complexity index is 426. The first-order valence-corrected chi connectivity index (χ1v) is 4.61. The molecule has 1 aromatic heterocycles. The van der Waals surface area contributed by atoms with Crippen LogP contribution in [0.1, 0.15) is 23.4 Å². The summed E-state index contributed by atoms with van der Waals surface area (Å²) < 4.78 is 27.7. The summed E-state index contributed by atoms with van der Waals surface area (Å²) in [5.41, 5.74) is 0.542. The molecule has 1 heterocycles. The molecule has 0 amide bonds. The Morgan fingerprint density at radius 1 is 1.53 bits per heavy atom. The molecule has 0 unspecified atom stereocenters. The highest BCUT2D eigenvalue weighted by atomic mass is 19.3. The fraction of sp³-hybridized carbons (Fsp3) is 0.556. The van der Waals surface area contributed by atoms with E-state index in [0.717, 1.165) is 11.1 Å². The van der Waals surface area contributed by atoms with Crippen molar-refractivity contribution in [2.75, 3.05) is 0 Å². The summed E-state index contributed by atoms with van der Waals surface area (Å²) >= 11 is 0. The van der Waals surface area contributed by atoms with Crippen molar-refractivity contribution in [1.29, 1.82) is 0 Å². The first-order chi connectivity index (χ1) is 6.94. The molecule has 0 saturated carbocycles. The SMILES string of the molecule is Cn1nc2c(c1C(F)(F)C(=O)O)CCC2. The van der Waals surface area contributed by atoms with Gasteiger partial charge in [0.1, 0.15) is 5.69 Å². The summed E-state index contributed by atoms with van der Waals surface area (Å²) in [5.74, 6) is -5.97. The smallest absolute Gasteiger partial charge is 0.384 e. The maximum Gasteiger partial charge on any atom is 0.384 e. The van der Waals surface area contributed by atoms with Gasteiger partial charge in [0, 0.05) is 12.6 Å². The second-order valence-electron chi connectivity index (χ2n) is 3.63. The second-order valence-corrected chi connectivity index (χ2v) is 3.63. The van der Waals surface area contributed by atoms with Crippen molar-refractivity contribution in [3.63, 3.8) is 0 Å². The van der Waals surface area contributed by atoms with Crippen LogP contribution in [0, 0.1) is 0 Å². The molecule has 0 aromatic carbocycles. The van der Waals surface area contributed by atoms with Crippen LogP contribution in [0.2, 0.25) is 0 Å². The van der Waals surface area contributed by atoms with E-state index in [1.807, 2.05) is 0 Å². The number of carboxylic acid groups (broad SMARTS) is 1. The predicted octanol–water partition coefficient (Wildman–Crippen LogP) is 1.09. The quantitative estimate of drug-likeness (QED) is 0.804. The number of hydrogen-bond acceptors (Lipinski definition) is 2. The van der Waals surface area contributed by atoms with Crippen LogP contribution in [0.5, 0.6) is 0 Å². The number of carboxylic acids is 1. The molecular formula is C9H10F2N2O2. The van der Waals surface area contributed by atoms with Gasteiger partial charge in [-0.25, -0.2) is 4.79 Å². The second kappa shape index (κ2) is 3.01. The lowest BCUT2D eigenvalue weighted by atomic mass is 10.1. The van der Waals surface area contributed by atoms with Crippen LogP contribution in [0.25, 0.3) is 0 Å². The van der Waals surface area contributed by atoms with Gasteiger partial charge in [-0.05, 0) is 19.3 Å². The summed E-state index contributed by atoms with van der Waals surface area (Å²) in [4.78, 5) is 10.5. The summed E-state index contributed by atoms with van der Waals surface area (Å²) in [6.07, 6.45) is 1.90. The van der Waals surface area contributed by atoms with Gasteiger partial charge >= 0.3 is 11.9 Å². The Kier molecular flexibility index (Phi) is 2.02. The molecule has 1 N–H and O–H groups in total. The number of alkyl halides is 2. The largest absolute Gasteiger partial charge is 0.476 e. The predicted molar refractivity (Wildman–Crippen MR) is 46.8 cm³/mol. The fourth-order valence-corrected chi connectivity index (χ4v) is 2.01. The summed E-state index contributed by atoms with van der Waals surface area (Å²) in [6, 6.07) is 0. The van der Waals surface area contributed by atoms with Crippen LogP contribution >= 0.6 is 0 Å². The normalized spacial score (nSPS) is 15.4. The Labute approximate surface area is 84.5 Å². The number of aryl methyl sites for hydroxylation is 2. The number of aromatic nitrogens is 2. The van der Waals surface area contributed by atoms with Crippen molar-refractivity contribution in [1.82, 2.24) is 9.78 Å². The van der Waals surface area contributed by atoms with Gasteiger partial charge in [0.05, 0.1) is 5.69 Å². The number of rotatable bonds is 2. The highest BCUT2D eigenvalue weighted by Gasteiger charge is 2.47. The van der Waals surface area contributed by atoms with Crippen molar-refractivity contribution in [3.05, 3.63) is 17.0 Å². The van der Waals surface area contributed by atoms with E-state index in [1.165, 1.54) is 7.05 Å². The molecule has 1 aliphatic carbocycles. The minimum absolute atomic E-state index is 0.407. The average molecular weight is 216 g/mol. The first kappa shape index (κ1) is 10.1. The Morgan fingerprint density at radius 2 is 2.20 bits per heavy atom. The van der Waals surface area contributed by atoms with E-state index in [1.54, 1.807) is 0 Å². The van der Waals surface area contributed by atoms with Gasteiger partial charge in [0.25, 0.3) is 0 Å². The molecule has 82 valence electrons. The molecule has 0 saturated heterocycles. The number of halogens is 2. The lowest BCUT2D eigenvalue weighted by molar-refractivity contribution is -0.167. The third kappa shape index (κ3) is 1.32. The van der Waals surface area contributed by atoms with Crippen molar-refractivity contribution in [3.8, 4) is 0 Å². The summed E-state index contributed by atoms with van der Waals surface area (Å²) in [7, 11) is 1.35. The first-order valence-electron chi connectivity index (χ1n) is 4.61. The number of aliphatic carboxylic acids is 1. The highest BCUT2D eigenvalue weighted by molar-refractivity contribution is 5.77. The molecule has 15 heavy (non-hydrogen) atoms. The summed E-state index contributed by atoms with van der Waals surface area (Å²) in [6.45, 7) is 0. The average Bonchev–Trinajstić information content (AvgIpc) is 2.61. The zero-order valence-corrected chi connectivity index (χ0v) is 8.13. The molecule has 0 atom stereocenters. The Balaban J connectivity index is 2.57. The fourth-order valence-electron chi connectivity index (χ4n) is 2.01. The Hall–Kier alpha value is -1.46. The van der Waals surface area contributed by atoms with Crippen molar-refractivity contribution >= 4 is 5.97 Å². The number of nitrogens with zero attached hydrogens (tertiary/aromatic N) is 2. The maximum atomic E-state index is 13.4. The van der Waals surface area contributed by atoms with Gasteiger partial charge in [-0.2, -0.15) is 13.9 Å². The van der Waals surface area contributed by atoms with Crippen LogP contribution in [0.4, 0.5) is 8.78 Å². The third-order valence-corrected chi connectivity index (χ3v) is 2.63. The minimum Gasteiger partial charge on any atom is -0.476 e. The van der Waals surface area contributed by atoms with Gasteiger partial charge in [0.15, 0.2) is 0 Å². The Morgan fingerprint density at radius 3 is 2.80 bits per heavy atom. The molecule has 1 aromatic rings. The molecule has 2 rings (SSSR count). The van der Waals surface area contributed by atoms with E-state index in [2.05, 4.69) is 5.10 Å². The van der Waals surface area contributed by atoms with E-state index in [0.29, 0.717) is 24.1 Å². The van der Waals surface area contributed by atoms with Gasteiger partial charge < -0.3 is 5.11 Å². The maximum absolute atomic E-state index is 13.4. The molecular weight excluding hydrogens is 206 g/mol. The van der Waals surface area contributed by atoms with Crippen LogP contribution in [-0.2, 0) is 30.6 Å². The van der Waals surface area contributed by atoms with Crippen molar-refractivity contribution in [2.24, 2.45) is 7.05 Å². The van der Waals surface area contributed by atoms with Gasteiger partial charge in [-0.1, -0.05) is 0 Å². The molecule has 0 aliphatic heterocycles. The number of carbonyl (C=O) groups is 1. The zero-order chi connectivity index (χ0) is 11.2. The number of fused-ring (bicyclic) bond motifs is 1. The molecule has 4 nitrogen and oxygen atoms in total. The monoisotopic (exact) mass is 216 g/mol. The van der Waals surface area contributed by atoms with Crippen molar-refractivity contribution in [2.45, 2.75) is 25.2 Å². The van der Waals surface area contributed by atoms with E-state index >= 15 is 0 Å². The van der Waals surface area contributed by atoms with Crippen molar-refractivity contribution < 1.29 is 18.7 Å². The molecule has 1 aliphatic rings.